The van der Waals surface area contributed by atoms with Gasteiger partial charge in [0.05, 0.1) is 7.11 Å². The van der Waals surface area contributed by atoms with Crippen LogP contribution in [0.2, 0.25) is 0 Å². The first kappa shape index (κ1) is 15.3. The number of hydrogen-bond donors (Lipinski definition) is 1. The van der Waals surface area contributed by atoms with E-state index >= 15 is 0 Å². The normalized spacial score (nSPS) is 15.6. The van der Waals surface area contributed by atoms with E-state index in [0.29, 0.717) is 12.3 Å². The van der Waals surface area contributed by atoms with E-state index in [1.165, 1.54) is 11.4 Å². The van der Waals surface area contributed by atoms with Gasteiger partial charge in [-0.2, -0.15) is 4.31 Å². The Kier molecular flexibility index (Phi) is 4.67. The quantitative estimate of drug-likeness (QED) is 0.830. The molecule has 0 amide bonds. The van der Waals surface area contributed by atoms with Crippen LogP contribution in [0.25, 0.3) is 0 Å². The van der Waals surface area contributed by atoms with Crippen molar-refractivity contribution in [3.63, 3.8) is 0 Å². The largest absolute Gasteiger partial charge is 0.495 e. The Morgan fingerprint density at radius 2 is 2.10 bits per heavy atom. The third-order valence-electron chi connectivity index (χ3n) is 3.53. The summed E-state index contributed by atoms with van der Waals surface area (Å²) in [6, 6.07) is 5.40. The Morgan fingerprint density at radius 1 is 1.40 bits per heavy atom. The topological polar surface area (TPSA) is 58.6 Å². The molecule has 1 aliphatic rings. The molecule has 0 saturated heterocycles. The molecule has 1 aliphatic carbocycles. The minimum Gasteiger partial charge on any atom is -0.495 e. The van der Waals surface area contributed by atoms with E-state index in [0.717, 1.165) is 24.9 Å². The maximum atomic E-state index is 12.5. The van der Waals surface area contributed by atoms with E-state index in [1.807, 2.05) is 13.0 Å². The standard InChI is InChI=1S/C14H22N2O3S/c1-4-15-10-11-5-8-14(13(9-11)19-3)20(17,18)16(2)12-6-7-12/h5,8-9,12,15H,4,6-7,10H2,1-3H3. The minimum absolute atomic E-state index is 0.145. The smallest absolute Gasteiger partial charge is 0.246 e. The summed E-state index contributed by atoms with van der Waals surface area (Å²) in [5.74, 6) is 0.410. The van der Waals surface area contributed by atoms with E-state index < -0.39 is 10.0 Å². The molecular formula is C14H22N2O3S. The predicted molar refractivity (Wildman–Crippen MR) is 78.3 cm³/mol. The molecule has 0 atom stereocenters. The molecule has 1 saturated carbocycles. The van der Waals surface area contributed by atoms with E-state index in [4.69, 9.17) is 4.74 Å². The maximum absolute atomic E-state index is 12.5. The first-order valence-electron chi connectivity index (χ1n) is 6.86. The lowest BCUT2D eigenvalue weighted by Gasteiger charge is -2.18. The second-order valence-corrected chi connectivity index (χ2v) is 6.98. The molecule has 0 aliphatic heterocycles. The van der Waals surface area contributed by atoms with Gasteiger partial charge in [-0.3, -0.25) is 0 Å². The number of nitrogens with one attached hydrogen (secondary N) is 1. The molecule has 0 aromatic heterocycles. The molecule has 1 fully saturated rings. The molecule has 1 aromatic rings. The van der Waals surface area contributed by atoms with Gasteiger partial charge in [0.25, 0.3) is 0 Å². The number of hydrogen-bond acceptors (Lipinski definition) is 4. The first-order chi connectivity index (χ1) is 9.50. The van der Waals surface area contributed by atoms with E-state index in [-0.39, 0.29) is 10.9 Å². The van der Waals surface area contributed by atoms with Gasteiger partial charge >= 0.3 is 0 Å². The zero-order valence-electron chi connectivity index (χ0n) is 12.2. The van der Waals surface area contributed by atoms with Gasteiger partial charge in [0.1, 0.15) is 10.6 Å². The van der Waals surface area contributed by atoms with Crippen molar-refractivity contribution in [2.75, 3.05) is 20.7 Å². The van der Waals surface area contributed by atoms with Crippen molar-refractivity contribution in [1.29, 1.82) is 0 Å². The number of methoxy groups -OCH3 is 1. The van der Waals surface area contributed by atoms with Crippen LogP contribution in [0.4, 0.5) is 0 Å². The molecule has 0 radical (unpaired) electrons. The van der Waals surface area contributed by atoms with E-state index in [1.54, 1.807) is 19.2 Å². The Hall–Kier alpha value is -1.11. The lowest BCUT2D eigenvalue weighted by Crippen LogP contribution is -2.29. The second-order valence-electron chi connectivity index (χ2n) is 5.02. The SMILES string of the molecule is CCNCc1ccc(S(=O)(=O)N(C)C2CC2)c(OC)c1. The molecule has 1 N–H and O–H groups in total. The molecule has 2 rings (SSSR count). The number of sulfonamides is 1. The average molecular weight is 298 g/mol. The lowest BCUT2D eigenvalue weighted by atomic mass is 10.2. The highest BCUT2D eigenvalue weighted by atomic mass is 32.2. The zero-order chi connectivity index (χ0) is 14.8. The van der Waals surface area contributed by atoms with E-state index in [2.05, 4.69) is 5.32 Å². The molecule has 112 valence electrons. The Balaban J connectivity index is 2.31. The summed E-state index contributed by atoms with van der Waals surface area (Å²) in [5.41, 5.74) is 1.01. The van der Waals surface area contributed by atoms with Gasteiger partial charge in [-0.05, 0) is 37.1 Å². The highest BCUT2D eigenvalue weighted by Crippen LogP contribution is 2.34. The predicted octanol–water partition coefficient (Wildman–Crippen LogP) is 1.59. The summed E-state index contributed by atoms with van der Waals surface area (Å²) in [4.78, 5) is 0.245. The lowest BCUT2D eigenvalue weighted by molar-refractivity contribution is 0.396. The van der Waals surface area contributed by atoms with Gasteiger partial charge in [0.15, 0.2) is 0 Å². The van der Waals surface area contributed by atoms with Crippen LogP contribution in [0.15, 0.2) is 23.1 Å². The van der Waals surface area contributed by atoms with Crippen LogP contribution in [0, 0.1) is 0 Å². The van der Waals surface area contributed by atoms with Crippen molar-refractivity contribution in [3.8, 4) is 5.75 Å². The second kappa shape index (κ2) is 6.11. The molecule has 0 unspecified atom stereocenters. The van der Waals surface area contributed by atoms with Gasteiger partial charge in [0.2, 0.25) is 10.0 Å². The molecular weight excluding hydrogens is 276 g/mol. The van der Waals surface area contributed by atoms with Gasteiger partial charge in [-0.25, -0.2) is 8.42 Å². The third-order valence-corrected chi connectivity index (χ3v) is 5.47. The molecule has 20 heavy (non-hydrogen) atoms. The Bertz CT molecular complexity index is 568. The number of benzene rings is 1. The van der Waals surface area contributed by atoms with Gasteiger partial charge in [0, 0.05) is 19.6 Å². The fourth-order valence-electron chi connectivity index (χ4n) is 2.09. The molecule has 5 nitrogen and oxygen atoms in total. The van der Waals surface area contributed by atoms with Crippen LogP contribution in [-0.2, 0) is 16.6 Å². The molecule has 1 aromatic carbocycles. The monoisotopic (exact) mass is 298 g/mol. The molecule has 6 heteroatoms. The number of nitrogens with zero attached hydrogens (tertiary/aromatic N) is 1. The van der Waals surface area contributed by atoms with Gasteiger partial charge in [-0.15, -0.1) is 0 Å². The maximum Gasteiger partial charge on any atom is 0.246 e. The highest BCUT2D eigenvalue weighted by Gasteiger charge is 2.36. The van der Waals surface area contributed by atoms with Crippen LogP contribution in [0.1, 0.15) is 25.3 Å². The van der Waals surface area contributed by atoms with Crippen molar-refractivity contribution in [2.45, 2.75) is 37.2 Å². The summed E-state index contributed by atoms with van der Waals surface area (Å²) < 4.78 is 31.8. The number of ether oxygens (including phenoxy) is 1. The summed E-state index contributed by atoms with van der Waals surface area (Å²) in [6.07, 6.45) is 1.88. The fourth-order valence-corrected chi connectivity index (χ4v) is 3.64. The summed E-state index contributed by atoms with van der Waals surface area (Å²) in [6.45, 7) is 3.60. The fraction of sp³-hybridized carbons (Fsp3) is 0.571. The van der Waals surface area contributed by atoms with Crippen molar-refractivity contribution < 1.29 is 13.2 Å². The van der Waals surface area contributed by atoms with E-state index in [9.17, 15) is 8.42 Å². The summed E-state index contributed by atoms with van der Waals surface area (Å²) >= 11 is 0. The van der Waals surface area contributed by atoms with Crippen LogP contribution in [0.3, 0.4) is 0 Å². The minimum atomic E-state index is -3.47. The van der Waals surface area contributed by atoms with Crippen LogP contribution in [0.5, 0.6) is 5.75 Å². The van der Waals surface area contributed by atoms with Crippen molar-refractivity contribution in [1.82, 2.24) is 9.62 Å². The zero-order valence-corrected chi connectivity index (χ0v) is 13.0. The first-order valence-corrected chi connectivity index (χ1v) is 8.30. The summed E-state index contributed by atoms with van der Waals surface area (Å²) in [7, 11) is -0.327. The van der Waals surface area contributed by atoms with Crippen LogP contribution < -0.4 is 10.1 Å². The Morgan fingerprint density at radius 3 is 2.65 bits per heavy atom. The van der Waals surface area contributed by atoms with Crippen molar-refractivity contribution >= 4 is 10.0 Å². The molecule has 0 spiro atoms. The highest BCUT2D eigenvalue weighted by molar-refractivity contribution is 7.89. The summed E-state index contributed by atoms with van der Waals surface area (Å²) in [5, 5.41) is 3.21. The molecule has 0 bridgehead atoms. The van der Waals surface area contributed by atoms with Gasteiger partial charge in [-0.1, -0.05) is 13.0 Å². The number of rotatable bonds is 7. The van der Waals surface area contributed by atoms with Crippen molar-refractivity contribution in [2.24, 2.45) is 0 Å². The molecule has 0 heterocycles. The third kappa shape index (κ3) is 3.13. The Labute approximate surface area is 121 Å². The van der Waals surface area contributed by atoms with Gasteiger partial charge < -0.3 is 10.1 Å². The van der Waals surface area contributed by atoms with Crippen LogP contribution >= 0.6 is 0 Å². The van der Waals surface area contributed by atoms with Crippen LogP contribution in [-0.4, -0.2) is 39.5 Å². The van der Waals surface area contributed by atoms with Crippen molar-refractivity contribution in [3.05, 3.63) is 23.8 Å². The average Bonchev–Trinajstić information content (AvgIpc) is 3.28.